The van der Waals surface area contributed by atoms with Crippen LogP contribution in [0.5, 0.6) is 23.0 Å². The molecule has 0 heterocycles. The maximum atomic E-state index is 12.8. The van der Waals surface area contributed by atoms with E-state index in [4.69, 9.17) is 18.9 Å². The molecule has 6 aromatic rings. The molecule has 238 valence electrons. The predicted octanol–water partition coefficient (Wildman–Crippen LogP) is 8.65. The largest absolute Gasteiger partial charge is 0.497 e. The molecule has 0 saturated heterocycles. The van der Waals surface area contributed by atoms with Crippen LogP contribution in [0.2, 0.25) is 0 Å². The SMILES string of the molecule is COc1ccc(C(c2ccccc2)(c2ccccc2)c2ccc(OC(=O)COc3ccc(-c4ccc(OC(C)=O)cc4)cc3)cc2)cc1. The molecule has 48 heavy (non-hydrogen) atoms. The lowest BCUT2D eigenvalue weighted by Gasteiger charge is -2.37. The predicted molar refractivity (Wildman–Crippen MR) is 186 cm³/mol. The van der Waals surface area contributed by atoms with E-state index in [1.165, 1.54) is 6.92 Å². The van der Waals surface area contributed by atoms with Crippen molar-refractivity contribution in [3.05, 3.63) is 180 Å². The third-order valence-corrected chi connectivity index (χ3v) is 8.12. The number of rotatable bonds is 11. The molecule has 0 atom stereocenters. The Hall–Kier alpha value is -6.14. The number of carbonyl (C=O) groups excluding carboxylic acids is 2. The van der Waals surface area contributed by atoms with Crippen LogP contribution in [0.1, 0.15) is 29.2 Å². The van der Waals surface area contributed by atoms with Crippen LogP contribution in [0, 0.1) is 0 Å². The first-order valence-electron chi connectivity index (χ1n) is 15.5. The Morgan fingerprint density at radius 3 is 1.33 bits per heavy atom. The van der Waals surface area contributed by atoms with Crippen LogP contribution < -0.4 is 18.9 Å². The summed E-state index contributed by atoms with van der Waals surface area (Å²) in [6, 6.07) is 51.2. The second-order valence-corrected chi connectivity index (χ2v) is 11.1. The minimum absolute atomic E-state index is 0.248. The summed E-state index contributed by atoms with van der Waals surface area (Å²) in [6.07, 6.45) is 0. The molecular formula is C42H34O6. The van der Waals surface area contributed by atoms with Crippen molar-refractivity contribution in [3.8, 4) is 34.1 Å². The Morgan fingerprint density at radius 1 is 0.479 bits per heavy atom. The smallest absolute Gasteiger partial charge is 0.349 e. The van der Waals surface area contributed by atoms with Gasteiger partial charge in [0.05, 0.1) is 12.5 Å². The molecular weight excluding hydrogens is 600 g/mol. The van der Waals surface area contributed by atoms with E-state index >= 15 is 0 Å². The lowest BCUT2D eigenvalue weighted by molar-refractivity contribution is -0.136. The van der Waals surface area contributed by atoms with Crippen molar-refractivity contribution in [2.24, 2.45) is 0 Å². The zero-order valence-corrected chi connectivity index (χ0v) is 26.7. The summed E-state index contributed by atoms with van der Waals surface area (Å²) < 4.78 is 22.0. The van der Waals surface area contributed by atoms with E-state index in [1.807, 2.05) is 97.1 Å². The van der Waals surface area contributed by atoms with E-state index < -0.39 is 11.4 Å². The second-order valence-electron chi connectivity index (χ2n) is 11.1. The Balaban J connectivity index is 1.18. The Bertz CT molecular complexity index is 1910. The van der Waals surface area contributed by atoms with Crippen LogP contribution in [0.3, 0.4) is 0 Å². The molecule has 0 aliphatic carbocycles. The quantitative estimate of drug-likeness (QED) is 0.0807. The fourth-order valence-corrected chi connectivity index (χ4v) is 5.92. The first-order chi connectivity index (χ1) is 23.4. The van der Waals surface area contributed by atoms with E-state index in [9.17, 15) is 9.59 Å². The minimum Gasteiger partial charge on any atom is -0.497 e. The van der Waals surface area contributed by atoms with Crippen molar-refractivity contribution in [2.45, 2.75) is 12.3 Å². The molecule has 6 nitrogen and oxygen atoms in total. The summed E-state index contributed by atoms with van der Waals surface area (Å²) in [6.45, 7) is 1.12. The lowest BCUT2D eigenvalue weighted by Crippen LogP contribution is -2.31. The van der Waals surface area contributed by atoms with E-state index in [1.54, 1.807) is 31.4 Å². The molecule has 0 bridgehead atoms. The summed E-state index contributed by atoms with van der Waals surface area (Å²) in [4.78, 5) is 24.0. The van der Waals surface area contributed by atoms with Gasteiger partial charge in [-0.1, -0.05) is 109 Å². The van der Waals surface area contributed by atoms with Crippen LogP contribution in [0.4, 0.5) is 0 Å². The molecule has 0 amide bonds. The first kappa shape index (κ1) is 31.8. The van der Waals surface area contributed by atoms with Crippen LogP contribution in [-0.2, 0) is 15.0 Å². The van der Waals surface area contributed by atoms with Crippen LogP contribution in [0.25, 0.3) is 11.1 Å². The number of ether oxygens (including phenoxy) is 4. The zero-order valence-electron chi connectivity index (χ0n) is 26.7. The number of hydrogen-bond acceptors (Lipinski definition) is 6. The number of carbonyl (C=O) groups is 2. The zero-order chi connectivity index (χ0) is 33.3. The maximum absolute atomic E-state index is 12.8. The third-order valence-electron chi connectivity index (χ3n) is 8.12. The molecule has 0 fully saturated rings. The summed E-state index contributed by atoms with van der Waals surface area (Å²) >= 11 is 0. The molecule has 0 spiro atoms. The monoisotopic (exact) mass is 634 g/mol. The van der Waals surface area contributed by atoms with Gasteiger partial charge in [-0.3, -0.25) is 4.79 Å². The van der Waals surface area contributed by atoms with Gasteiger partial charge in [0.25, 0.3) is 0 Å². The van der Waals surface area contributed by atoms with Gasteiger partial charge in [-0.2, -0.15) is 0 Å². The molecule has 0 aliphatic heterocycles. The fraction of sp³-hybridized carbons (Fsp3) is 0.0952. The van der Waals surface area contributed by atoms with Gasteiger partial charge >= 0.3 is 11.9 Å². The van der Waals surface area contributed by atoms with E-state index in [-0.39, 0.29) is 12.6 Å². The van der Waals surface area contributed by atoms with E-state index in [0.29, 0.717) is 17.2 Å². The number of hydrogen-bond donors (Lipinski definition) is 0. The summed E-state index contributed by atoms with van der Waals surface area (Å²) in [5.74, 6) is 1.35. The topological polar surface area (TPSA) is 71.1 Å². The van der Waals surface area contributed by atoms with Gasteiger partial charge < -0.3 is 18.9 Å². The maximum Gasteiger partial charge on any atom is 0.349 e. The normalized spacial score (nSPS) is 11.0. The van der Waals surface area contributed by atoms with Crippen molar-refractivity contribution in [2.75, 3.05) is 13.7 Å². The van der Waals surface area contributed by atoms with Crippen molar-refractivity contribution in [1.82, 2.24) is 0 Å². The summed E-state index contributed by atoms with van der Waals surface area (Å²) in [7, 11) is 1.66. The molecule has 6 aromatic carbocycles. The highest BCUT2D eigenvalue weighted by molar-refractivity contribution is 5.74. The Kier molecular flexibility index (Phi) is 9.63. The number of methoxy groups -OCH3 is 1. The van der Waals surface area contributed by atoms with Gasteiger partial charge in [0.15, 0.2) is 6.61 Å². The van der Waals surface area contributed by atoms with Crippen molar-refractivity contribution in [3.63, 3.8) is 0 Å². The Labute approximate surface area is 280 Å². The molecule has 0 aliphatic rings. The highest BCUT2D eigenvalue weighted by atomic mass is 16.6. The van der Waals surface area contributed by atoms with Crippen molar-refractivity contribution in [1.29, 1.82) is 0 Å². The molecule has 0 aromatic heterocycles. The van der Waals surface area contributed by atoms with E-state index in [2.05, 4.69) is 36.4 Å². The number of benzene rings is 6. The highest BCUT2D eigenvalue weighted by Crippen LogP contribution is 2.45. The molecule has 0 saturated carbocycles. The Morgan fingerprint density at radius 2 is 0.875 bits per heavy atom. The molecule has 0 N–H and O–H groups in total. The van der Waals surface area contributed by atoms with E-state index in [0.717, 1.165) is 39.1 Å². The molecule has 0 radical (unpaired) electrons. The standard InChI is InChI=1S/C42H34O6/c1-30(43)47-39-23-15-32(16-24-39)31-13-21-38(22-14-31)46-29-41(44)48-40-27-19-36(20-28-40)42(33-9-5-3-6-10-33,34-11-7-4-8-12-34)35-17-25-37(45-2)26-18-35/h3-28H,29H2,1-2H3. The number of esters is 2. The van der Waals surface area contributed by atoms with Gasteiger partial charge in [-0.15, -0.1) is 0 Å². The average molecular weight is 635 g/mol. The van der Waals surface area contributed by atoms with Gasteiger partial charge in [0, 0.05) is 6.92 Å². The molecule has 6 heteroatoms. The van der Waals surface area contributed by atoms with Crippen LogP contribution in [-0.4, -0.2) is 25.7 Å². The minimum atomic E-state index is -0.642. The third kappa shape index (κ3) is 6.98. The van der Waals surface area contributed by atoms with Gasteiger partial charge in [0.1, 0.15) is 23.0 Å². The van der Waals surface area contributed by atoms with Gasteiger partial charge in [-0.05, 0) is 81.9 Å². The molecule has 0 unspecified atom stereocenters. The highest BCUT2D eigenvalue weighted by Gasteiger charge is 2.38. The van der Waals surface area contributed by atoms with Crippen molar-refractivity contribution < 1.29 is 28.5 Å². The fourth-order valence-electron chi connectivity index (χ4n) is 5.92. The van der Waals surface area contributed by atoms with Crippen LogP contribution in [0.15, 0.2) is 158 Å². The van der Waals surface area contributed by atoms with Gasteiger partial charge in [-0.25, -0.2) is 4.79 Å². The van der Waals surface area contributed by atoms with Crippen molar-refractivity contribution >= 4 is 11.9 Å². The second kappa shape index (κ2) is 14.5. The van der Waals surface area contributed by atoms with Gasteiger partial charge in [0.2, 0.25) is 0 Å². The summed E-state index contributed by atoms with van der Waals surface area (Å²) in [5, 5.41) is 0. The lowest BCUT2D eigenvalue weighted by atomic mass is 9.65. The van der Waals surface area contributed by atoms with Crippen LogP contribution >= 0.6 is 0 Å². The summed E-state index contributed by atoms with van der Waals surface area (Å²) in [5.41, 5.74) is 5.56. The average Bonchev–Trinajstić information content (AvgIpc) is 3.13. The first-order valence-corrected chi connectivity index (χ1v) is 15.5. The molecule has 6 rings (SSSR count).